The van der Waals surface area contributed by atoms with Gasteiger partial charge in [-0.05, 0) is 18.6 Å². The molecule has 2 aromatic rings. The van der Waals surface area contributed by atoms with E-state index < -0.39 is 4.92 Å². The summed E-state index contributed by atoms with van der Waals surface area (Å²) in [5.74, 6) is 0.652. The van der Waals surface area contributed by atoms with Crippen molar-refractivity contribution in [2.45, 2.75) is 13.3 Å². The molecule has 0 aromatic carbocycles. The van der Waals surface area contributed by atoms with Crippen molar-refractivity contribution in [3.05, 3.63) is 39.8 Å². The lowest BCUT2D eigenvalue weighted by molar-refractivity contribution is -0.383. The quantitative estimate of drug-likeness (QED) is 0.624. The molecule has 9 heteroatoms. The summed E-state index contributed by atoms with van der Waals surface area (Å²) >= 11 is 5.74. The van der Waals surface area contributed by atoms with Crippen molar-refractivity contribution in [1.29, 1.82) is 0 Å². The van der Waals surface area contributed by atoms with Crippen LogP contribution in [-0.4, -0.2) is 26.4 Å². The molecule has 0 unspecified atom stereocenters. The Bertz CT molecular complexity index is 634. The summed E-state index contributed by atoms with van der Waals surface area (Å²) in [6.45, 7) is 2.54. The molecule has 2 N–H and O–H groups in total. The van der Waals surface area contributed by atoms with Crippen molar-refractivity contribution >= 4 is 34.7 Å². The van der Waals surface area contributed by atoms with E-state index in [0.717, 1.165) is 6.42 Å². The number of anilines is 3. The maximum Gasteiger partial charge on any atom is 0.353 e. The van der Waals surface area contributed by atoms with Crippen molar-refractivity contribution < 1.29 is 4.92 Å². The van der Waals surface area contributed by atoms with Gasteiger partial charge in [0.05, 0.1) is 9.95 Å². The van der Waals surface area contributed by atoms with Gasteiger partial charge in [0.2, 0.25) is 11.6 Å². The lowest BCUT2D eigenvalue weighted by atomic mass is 10.4. The van der Waals surface area contributed by atoms with Crippen molar-refractivity contribution in [2.75, 3.05) is 17.2 Å². The summed E-state index contributed by atoms with van der Waals surface area (Å²) in [5.41, 5.74) is -0.220. The Kier molecular flexibility index (Phi) is 4.83. The maximum atomic E-state index is 11.3. The molecule has 2 aromatic heterocycles. The predicted molar refractivity (Wildman–Crippen MR) is 80.0 cm³/mol. The van der Waals surface area contributed by atoms with Gasteiger partial charge in [-0.3, -0.25) is 10.1 Å². The Morgan fingerprint density at radius 1 is 1.29 bits per heavy atom. The molecule has 0 bridgehead atoms. The number of hydrogen-bond acceptors (Lipinski definition) is 7. The van der Waals surface area contributed by atoms with Crippen LogP contribution in [0.4, 0.5) is 23.1 Å². The first-order valence-corrected chi connectivity index (χ1v) is 6.61. The number of pyridine rings is 1. The van der Waals surface area contributed by atoms with Crippen molar-refractivity contribution in [3.8, 4) is 0 Å². The number of rotatable bonds is 6. The fraction of sp³-hybridized carbons (Fsp3) is 0.250. The van der Waals surface area contributed by atoms with Gasteiger partial charge in [-0.2, -0.15) is 0 Å². The molecule has 2 heterocycles. The van der Waals surface area contributed by atoms with Crippen LogP contribution < -0.4 is 10.6 Å². The fourth-order valence-electron chi connectivity index (χ4n) is 1.59. The Morgan fingerprint density at radius 2 is 2.05 bits per heavy atom. The number of nitro groups is 1. The lowest BCUT2D eigenvalue weighted by Gasteiger charge is -2.09. The predicted octanol–water partition coefficient (Wildman–Crippen LogP) is 3.00. The van der Waals surface area contributed by atoms with Crippen LogP contribution >= 0.6 is 11.6 Å². The van der Waals surface area contributed by atoms with Crippen LogP contribution in [0.5, 0.6) is 0 Å². The standard InChI is InChI=1S/C12H13ClN6O2/c1-2-5-14-11-10(19(20)21)12(17-7-16-11)18-9-4-3-8(13)6-15-9/h3-4,6-7H,2,5H2,1H3,(H2,14,15,16,17,18). The summed E-state index contributed by atoms with van der Waals surface area (Å²) in [6, 6.07) is 3.23. The molecule has 0 aliphatic heterocycles. The number of hydrogen-bond donors (Lipinski definition) is 2. The second-order valence-electron chi connectivity index (χ2n) is 4.09. The van der Waals surface area contributed by atoms with Gasteiger partial charge in [-0.1, -0.05) is 18.5 Å². The molecule has 0 radical (unpaired) electrons. The first-order chi connectivity index (χ1) is 10.1. The van der Waals surface area contributed by atoms with Crippen LogP contribution in [-0.2, 0) is 0 Å². The SMILES string of the molecule is CCCNc1ncnc(Nc2ccc(Cl)cn2)c1[N+](=O)[O-]. The number of nitrogens with zero attached hydrogens (tertiary/aromatic N) is 4. The van der Waals surface area contributed by atoms with E-state index in [2.05, 4.69) is 25.6 Å². The van der Waals surface area contributed by atoms with Gasteiger partial charge in [-0.25, -0.2) is 15.0 Å². The molecule has 0 saturated heterocycles. The molecule has 110 valence electrons. The molecular weight excluding hydrogens is 296 g/mol. The largest absolute Gasteiger partial charge is 0.364 e. The number of nitrogens with one attached hydrogen (secondary N) is 2. The highest BCUT2D eigenvalue weighted by Crippen LogP contribution is 2.30. The molecule has 0 aliphatic carbocycles. The third kappa shape index (κ3) is 3.76. The highest BCUT2D eigenvalue weighted by Gasteiger charge is 2.22. The molecule has 0 atom stereocenters. The summed E-state index contributed by atoms with van der Waals surface area (Å²) in [7, 11) is 0. The first-order valence-electron chi connectivity index (χ1n) is 6.23. The van der Waals surface area contributed by atoms with Gasteiger partial charge in [0.1, 0.15) is 12.1 Å². The minimum atomic E-state index is -0.532. The summed E-state index contributed by atoms with van der Waals surface area (Å²) < 4.78 is 0. The minimum absolute atomic E-state index is 0.0726. The zero-order valence-electron chi connectivity index (χ0n) is 11.2. The first kappa shape index (κ1) is 14.9. The van der Waals surface area contributed by atoms with E-state index >= 15 is 0 Å². The van der Waals surface area contributed by atoms with Gasteiger partial charge in [0.25, 0.3) is 0 Å². The van der Waals surface area contributed by atoms with Crippen molar-refractivity contribution in [3.63, 3.8) is 0 Å². The molecule has 8 nitrogen and oxygen atoms in total. The molecule has 0 aliphatic rings. The van der Waals surface area contributed by atoms with Gasteiger partial charge in [0.15, 0.2) is 0 Å². The average molecular weight is 309 g/mol. The molecular formula is C12H13ClN6O2. The van der Waals surface area contributed by atoms with Gasteiger partial charge >= 0.3 is 5.69 Å². The summed E-state index contributed by atoms with van der Waals surface area (Å²) in [4.78, 5) is 22.6. The third-order valence-electron chi connectivity index (χ3n) is 2.52. The zero-order valence-corrected chi connectivity index (χ0v) is 12.0. The van der Waals surface area contributed by atoms with Crippen LogP contribution in [0.15, 0.2) is 24.7 Å². The van der Waals surface area contributed by atoms with E-state index in [9.17, 15) is 10.1 Å². The van der Waals surface area contributed by atoms with Crippen molar-refractivity contribution in [1.82, 2.24) is 15.0 Å². The minimum Gasteiger partial charge on any atom is -0.364 e. The van der Waals surface area contributed by atoms with Crippen molar-refractivity contribution in [2.24, 2.45) is 0 Å². The van der Waals surface area contributed by atoms with Gasteiger partial charge in [0, 0.05) is 12.7 Å². The average Bonchev–Trinajstić information content (AvgIpc) is 2.47. The smallest absolute Gasteiger partial charge is 0.353 e. The van der Waals surface area contributed by atoms with Gasteiger partial charge < -0.3 is 10.6 Å². The van der Waals surface area contributed by atoms with Crippen LogP contribution in [0.2, 0.25) is 5.02 Å². The molecule has 0 fully saturated rings. The highest BCUT2D eigenvalue weighted by molar-refractivity contribution is 6.30. The van der Waals surface area contributed by atoms with E-state index in [1.54, 1.807) is 12.1 Å². The normalized spacial score (nSPS) is 10.2. The van der Waals surface area contributed by atoms with Crippen LogP contribution in [0.3, 0.4) is 0 Å². The monoisotopic (exact) mass is 308 g/mol. The van der Waals surface area contributed by atoms with Crippen LogP contribution in [0, 0.1) is 10.1 Å². The van der Waals surface area contributed by atoms with Crippen LogP contribution in [0.1, 0.15) is 13.3 Å². The van der Waals surface area contributed by atoms with E-state index in [0.29, 0.717) is 17.4 Å². The maximum absolute atomic E-state index is 11.3. The Balaban J connectivity index is 2.33. The highest BCUT2D eigenvalue weighted by atomic mass is 35.5. The molecule has 0 spiro atoms. The second kappa shape index (κ2) is 6.80. The van der Waals surface area contributed by atoms with Gasteiger partial charge in [-0.15, -0.1) is 0 Å². The summed E-state index contributed by atoms with van der Waals surface area (Å²) in [6.07, 6.45) is 3.51. The zero-order chi connectivity index (χ0) is 15.2. The third-order valence-corrected chi connectivity index (χ3v) is 2.74. The number of aromatic nitrogens is 3. The molecule has 0 amide bonds. The van der Waals surface area contributed by atoms with E-state index in [4.69, 9.17) is 11.6 Å². The lowest BCUT2D eigenvalue weighted by Crippen LogP contribution is -2.09. The fourth-order valence-corrected chi connectivity index (χ4v) is 1.70. The van der Waals surface area contributed by atoms with E-state index in [1.807, 2.05) is 6.92 Å². The molecule has 21 heavy (non-hydrogen) atoms. The topological polar surface area (TPSA) is 106 Å². The second-order valence-corrected chi connectivity index (χ2v) is 4.53. The van der Waals surface area contributed by atoms with E-state index in [-0.39, 0.29) is 17.3 Å². The molecule has 0 saturated carbocycles. The summed E-state index contributed by atoms with van der Waals surface area (Å²) in [5, 5.41) is 17.4. The van der Waals surface area contributed by atoms with Crippen LogP contribution in [0.25, 0.3) is 0 Å². The Morgan fingerprint density at radius 3 is 2.67 bits per heavy atom. The molecule has 2 rings (SSSR count). The Labute approximate surface area is 125 Å². The van der Waals surface area contributed by atoms with E-state index in [1.165, 1.54) is 12.5 Å². The Hall–Kier alpha value is -2.48. The number of halogens is 1.